The minimum absolute atomic E-state index is 0.109. The van der Waals surface area contributed by atoms with Gasteiger partial charge in [0.25, 0.3) is 0 Å². The lowest BCUT2D eigenvalue weighted by molar-refractivity contribution is 0.252. The first-order valence-corrected chi connectivity index (χ1v) is 7.60. The van der Waals surface area contributed by atoms with E-state index in [2.05, 4.69) is 23.6 Å². The molecule has 3 nitrogen and oxygen atoms in total. The van der Waals surface area contributed by atoms with E-state index in [0.717, 1.165) is 24.1 Å². The van der Waals surface area contributed by atoms with E-state index < -0.39 is 0 Å². The van der Waals surface area contributed by atoms with E-state index in [0.29, 0.717) is 6.54 Å². The maximum Gasteiger partial charge on any atom is 0.319 e. The second-order valence-corrected chi connectivity index (χ2v) is 5.25. The minimum atomic E-state index is -0.109. The van der Waals surface area contributed by atoms with Gasteiger partial charge >= 0.3 is 6.03 Å². The summed E-state index contributed by atoms with van der Waals surface area (Å²) in [6.07, 6.45) is 9.22. The fourth-order valence-electron chi connectivity index (χ4n) is 2.59. The summed E-state index contributed by atoms with van der Waals surface area (Å²) >= 11 is 0. The lowest BCUT2D eigenvalue weighted by Gasteiger charge is -2.14. The number of anilines is 1. The molecular weight excluding hydrogens is 248 g/mol. The molecule has 0 bridgehead atoms. The van der Waals surface area contributed by atoms with Crippen LogP contribution in [0.4, 0.5) is 10.5 Å². The molecule has 108 valence electrons. The lowest BCUT2D eigenvalue weighted by Crippen LogP contribution is -2.30. The highest BCUT2D eigenvalue weighted by atomic mass is 16.2. The van der Waals surface area contributed by atoms with Crippen LogP contribution < -0.4 is 10.6 Å². The molecule has 0 saturated carbocycles. The van der Waals surface area contributed by atoms with Crippen molar-refractivity contribution < 1.29 is 4.79 Å². The summed E-state index contributed by atoms with van der Waals surface area (Å²) in [5.74, 6) is 0. The molecule has 0 saturated heterocycles. The fraction of sp³-hybridized carbons (Fsp3) is 0.471. The van der Waals surface area contributed by atoms with Gasteiger partial charge in [-0.3, -0.25) is 0 Å². The first-order chi connectivity index (χ1) is 9.79. The largest absolute Gasteiger partial charge is 0.338 e. The van der Waals surface area contributed by atoms with Crippen molar-refractivity contribution in [3.05, 3.63) is 41.5 Å². The molecule has 2 N–H and O–H groups in total. The molecule has 1 aliphatic rings. The predicted molar refractivity (Wildman–Crippen MR) is 84.0 cm³/mol. The Kier molecular flexibility index (Phi) is 5.66. The summed E-state index contributed by atoms with van der Waals surface area (Å²) < 4.78 is 0. The van der Waals surface area contributed by atoms with E-state index in [4.69, 9.17) is 0 Å². The molecule has 1 aliphatic carbocycles. The van der Waals surface area contributed by atoms with Crippen molar-refractivity contribution in [2.24, 2.45) is 0 Å². The standard InChI is InChI=1S/C17H24N2O/c1-2-15-10-6-7-11-16(15)19-17(20)18-13-12-14-8-4-3-5-9-14/h6-8,10-11H,2-5,9,12-13H2,1H3,(H2,18,19,20). The van der Waals surface area contributed by atoms with Gasteiger partial charge in [0, 0.05) is 12.2 Å². The Bertz CT molecular complexity index is 480. The quantitative estimate of drug-likeness (QED) is 0.772. The van der Waals surface area contributed by atoms with Crippen LogP contribution in [0.2, 0.25) is 0 Å². The van der Waals surface area contributed by atoms with Gasteiger partial charge < -0.3 is 10.6 Å². The minimum Gasteiger partial charge on any atom is -0.338 e. The van der Waals surface area contributed by atoms with Gasteiger partial charge in [-0.2, -0.15) is 0 Å². The van der Waals surface area contributed by atoms with E-state index in [1.165, 1.54) is 31.3 Å². The molecule has 0 spiro atoms. The molecule has 0 radical (unpaired) electrons. The number of aryl methyl sites for hydroxylation is 1. The zero-order valence-corrected chi connectivity index (χ0v) is 12.2. The number of nitrogens with one attached hydrogen (secondary N) is 2. The number of carbonyl (C=O) groups excluding carboxylic acids is 1. The van der Waals surface area contributed by atoms with Crippen LogP contribution in [0.25, 0.3) is 0 Å². The molecule has 3 heteroatoms. The number of benzene rings is 1. The number of hydrogen-bond acceptors (Lipinski definition) is 1. The molecule has 1 aromatic rings. The topological polar surface area (TPSA) is 41.1 Å². The summed E-state index contributed by atoms with van der Waals surface area (Å²) in [6, 6.07) is 7.83. The van der Waals surface area contributed by atoms with Gasteiger partial charge in [-0.25, -0.2) is 4.79 Å². The van der Waals surface area contributed by atoms with E-state index in [9.17, 15) is 4.79 Å². The molecule has 0 unspecified atom stereocenters. The smallest absolute Gasteiger partial charge is 0.319 e. The number of urea groups is 1. The molecule has 0 aliphatic heterocycles. The Labute approximate surface area is 121 Å². The first kappa shape index (κ1) is 14.6. The normalized spacial score (nSPS) is 14.6. The Morgan fingerprint density at radius 1 is 1.25 bits per heavy atom. The number of allylic oxidation sites excluding steroid dienone is 1. The van der Waals surface area contributed by atoms with Crippen LogP contribution in [0.15, 0.2) is 35.9 Å². The highest BCUT2D eigenvalue weighted by Crippen LogP contribution is 2.19. The third kappa shape index (κ3) is 4.41. The maximum absolute atomic E-state index is 11.9. The molecule has 0 atom stereocenters. The second kappa shape index (κ2) is 7.73. The van der Waals surface area contributed by atoms with Crippen LogP contribution in [-0.2, 0) is 6.42 Å². The van der Waals surface area contributed by atoms with Crippen molar-refractivity contribution in [3.63, 3.8) is 0 Å². The van der Waals surface area contributed by atoms with E-state index in [1.807, 2.05) is 24.3 Å². The first-order valence-electron chi connectivity index (χ1n) is 7.60. The number of rotatable bonds is 5. The maximum atomic E-state index is 11.9. The summed E-state index contributed by atoms with van der Waals surface area (Å²) in [6.45, 7) is 2.81. The van der Waals surface area contributed by atoms with Crippen molar-refractivity contribution in [1.82, 2.24) is 5.32 Å². The van der Waals surface area contributed by atoms with E-state index in [1.54, 1.807) is 0 Å². The number of carbonyl (C=O) groups is 1. The van der Waals surface area contributed by atoms with E-state index in [-0.39, 0.29) is 6.03 Å². The summed E-state index contributed by atoms with van der Waals surface area (Å²) in [4.78, 5) is 11.9. The van der Waals surface area contributed by atoms with Crippen LogP contribution in [0, 0.1) is 0 Å². The van der Waals surface area contributed by atoms with Gasteiger partial charge in [0.1, 0.15) is 0 Å². The van der Waals surface area contributed by atoms with Crippen molar-refractivity contribution in [3.8, 4) is 0 Å². The molecule has 2 amide bonds. The summed E-state index contributed by atoms with van der Waals surface area (Å²) in [7, 11) is 0. The van der Waals surface area contributed by atoms with Crippen LogP contribution in [0.3, 0.4) is 0 Å². The van der Waals surface area contributed by atoms with Crippen LogP contribution in [0.5, 0.6) is 0 Å². The monoisotopic (exact) mass is 272 g/mol. The molecule has 1 aromatic carbocycles. The van der Waals surface area contributed by atoms with Crippen molar-refractivity contribution >= 4 is 11.7 Å². The van der Waals surface area contributed by atoms with Crippen LogP contribution in [0.1, 0.15) is 44.6 Å². The van der Waals surface area contributed by atoms with Crippen molar-refractivity contribution in [2.45, 2.75) is 45.4 Å². The van der Waals surface area contributed by atoms with Gasteiger partial charge in [-0.1, -0.05) is 36.8 Å². The van der Waals surface area contributed by atoms with E-state index >= 15 is 0 Å². The molecule has 20 heavy (non-hydrogen) atoms. The van der Waals surface area contributed by atoms with Gasteiger partial charge in [0.05, 0.1) is 0 Å². The molecule has 0 aromatic heterocycles. The van der Waals surface area contributed by atoms with Crippen LogP contribution in [-0.4, -0.2) is 12.6 Å². The summed E-state index contributed by atoms with van der Waals surface area (Å²) in [5, 5.41) is 5.87. The molecule has 2 rings (SSSR count). The number of amides is 2. The third-order valence-corrected chi connectivity index (χ3v) is 3.76. The van der Waals surface area contributed by atoms with Gasteiger partial charge in [0.15, 0.2) is 0 Å². The molecule has 0 fully saturated rings. The van der Waals surface area contributed by atoms with Gasteiger partial charge in [-0.15, -0.1) is 0 Å². The van der Waals surface area contributed by atoms with Crippen molar-refractivity contribution in [1.29, 1.82) is 0 Å². The molecular formula is C17H24N2O. The lowest BCUT2D eigenvalue weighted by atomic mass is 9.97. The highest BCUT2D eigenvalue weighted by molar-refractivity contribution is 5.90. The second-order valence-electron chi connectivity index (χ2n) is 5.25. The SMILES string of the molecule is CCc1ccccc1NC(=O)NCCC1=CCCCC1. The highest BCUT2D eigenvalue weighted by Gasteiger charge is 2.06. The molecule has 0 heterocycles. The third-order valence-electron chi connectivity index (χ3n) is 3.76. The Morgan fingerprint density at radius 3 is 2.85 bits per heavy atom. The number of hydrogen-bond donors (Lipinski definition) is 2. The van der Waals surface area contributed by atoms with Crippen LogP contribution >= 0.6 is 0 Å². The Balaban J connectivity index is 1.76. The van der Waals surface area contributed by atoms with Gasteiger partial charge in [-0.05, 0) is 50.2 Å². The average molecular weight is 272 g/mol. The Hall–Kier alpha value is -1.77. The predicted octanol–water partition coefficient (Wildman–Crippen LogP) is 4.26. The zero-order chi connectivity index (χ0) is 14.2. The number of para-hydroxylation sites is 1. The summed E-state index contributed by atoms with van der Waals surface area (Å²) in [5.41, 5.74) is 3.56. The fourth-order valence-corrected chi connectivity index (χ4v) is 2.59. The Morgan fingerprint density at radius 2 is 2.10 bits per heavy atom. The van der Waals surface area contributed by atoms with Crippen molar-refractivity contribution in [2.75, 3.05) is 11.9 Å². The zero-order valence-electron chi connectivity index (χ0n) is 12.2. The average Bonchev–Trinajstić information content (AvgIpc) is 2.49. The van der Waals surface area contributed by atoms with Gasteiger partial charge in [0.2, 0.25) is 0 Å².